The van der Waals surface area contributed by atoms with E-state index in [0.29, 0.717) is 12.8 Å². The van der Waals surface area contributed by atoms with Crippen LogP contribution in [0.25, 0.3) is 0 Å². The Hall–Kier alpha value is -1.68. The van der Waals surface area contributed by atoms with E-state index in [0.717, 1.165) is 0 Å². The zero-order chi connectivity index (χ0) is 13.1. The highest BCUT2D eigenvalue weighted by molar-refractivity contribution is 5.83. The second kappa shape index (κ2) is 9.54. The van der Waals surface area contributed by atoms with E-state index in [9.17, 15) is 14.4 Å². The third-order valence-electron chi connectivity index (χ3n) is 1.76. The van der Waals surface area contributed by atoms with Crippen LogP contribution < -0.4 is 0 Å². The van der Waals surface area contributed by atoms with E-state index in [1.165, 1.54) is 6.08 Å². The van der Waals surface area contributed by atoms with Gasteiger partial charge in [-0.3, -0.25) is 4.79 Å². The summed E-state index contributed by atoms with van der Waals surface area (Å²) < 4.78 is 9.58. The van der Waals surface area contributed by atoms with Gasteiger partial charge in [0.1, 0.15) is 0 Å². The molecule has 0 aromatic heterocycles. The normalized spacial score (nSPS) is 11.2. The standard InChI is InChI=1S/C11H17NO5/c1-3-5-16-10(14)7-9(12-8-13)11(15)17-6-4-2/h9H,3-7H2,1-2H3. The van der Waals surface area contributed by atoms with E-state index >= 15 is 0 Å². The molecular formula is C11H17NO5. The van der Waals surface area contributed by atoms with Gasteiger partial charge in [-0.1, -0.05) is 13.8 Å². The summed E-state index contributed by atoms with van der Waals surface area (Å²) in [6.07, 6.45) is 2.30. The molecule has 96 valence electrons. The summed E-state index contributed by atoms with van der Waals surface area (Å²) in [5, 5.41) is 0. The maximum atomic E-state index is 11.4. The van der Waals surface area contributed by atoms with Gasteiger partial charge in [0, 0.05) is 0 Å². The van der Waals surface area contributed by atoms with Crippen molar-refractivity contribution < 1.29 is 23.9 Å². The Bertz CT molecular complexity index is 296. The minimum absolute atomic E-state index is 0.230. The van der Waals surface area contributed by atoms with Crippen LogP contribution in [-0.4, -0.2) is 37.3 Å². The van der Waals surface area contributed by atoms with Crippen LogP contribution in [0.4, 0.5) is 0 Å². The van der Waals surface area contributed by atoms with Gasteiger partial charge in [-0.05, 0) is 12.8 Å². The molecule has 0 heterocycles. The molecule has 0 amide bonds. The maximum absolute atomic E-state index is 11.4. The quantitative estimate of drug-likeness (QED) is 0.360. The molecule has 0 radical (unpaired) electrons. The van der Waals surface area contributed by atoms with Crippen molar-refractivity contribution in [3.05, 3.63) is 0 Å². The SMILES string of the molecule is CCCOC(=O)CC(N=C=O)C(=O)OCCC. The first-order valence-corrected chi connectivity index (χ1v) is 5.54. The van der Waals surface area contributed by atoms with Crippen molar-refractivity contribution in [3.8, 4) is 0 Å². The molecule has 0 bridgehead atoms. The van der Waals surface area contributed by atoms with Crippen LogP contribution in [0, 0.1) is 0 Å². The van der Waals surface area contributed by atoms with Gasteiger partial charge in [-0.25, -0.2) is 9.59 Å². The van der Waals surface area contributed by atoms with Gasteiger partial charge in [0.15, 0.2) is 6.04 Å². The van der Waals surface area contributed by atoms with E-state index in [1.807, 2.05) is 13.8 Å². The molecule has 0 rings (SSSR count). The predicted octanol–water partition coefficient (Wildman–Crippen LogP) is 0.987. The summed E-state index contributed by atoms with van der Waals surface area (Å²) in [5.74, 6) is -1.28. The highest BCUT2D eigenvalue weighted by atomic mass is 16.5. The zero-order valence-electron chi connectivity index (χ0n) is 10.1. The van der Waals surface area contributed by atoms with Gasteiger partial charge in [0.2, 0.25) is 6.08 Å². The van der Waals surface area contributed by atoms with E-state index in [-0.39, 0.29) is 19.6 Å². The minimum Gasteiger partial charge on any atom is -0.466 e. The lowest BCUT2D eigenvalue weighted by molar-refractivity contribution is -0.151. The molecule has 6 nitrogen and oxygen atoms in total. The number of hydrogen-bond acceptors (Lipinski definition) is 6. The van der Waals surface area contributed by atoms with Gasteiger partial charge in [0.05, 0.1) is 19.6 Å². The first-order chi connectivity index (χ1) is 8.15. The van der Waals surface area contributed by atoms with Crippen molar-refractivity contribution in [2.45, 2.75) is 39.2 Å². The molecule has 0 aromatic carbocycles. The number of carbonyl (C=O) groups is 2. The van der Waals surface area contributed by atoms with Gasteiger partial charge in [-0.2, -0.15) is 4.99 Å². The van der Waals surface area contributed by atoms with Crippen molar-refractivity contribution >= 4 is 18.0 Å². The fraction of sp³-hybridized carbons (Fsp3) is 0.727. The number of hydrogen-bond donors (Lipinski definition) is 0. The van der Waals surface area contributed by atoms with E-state index in [4.69, 9.17) is 9.47 Å². The third kappa shape index (κ3) is 7.25. The molecule has 0 spiro atoms. The number of ether oxygens (including phenoxy) is 2. The molecule has 0 aliphatic carbocycles. The van der Waals surface area contributed by atoms with Crippen molar-refractivity contribution in [1.29, 1.82) is 0 Å². The Labute approximate surface area is 100.0 Å². The summed E-state index contributed by atoms with van der Waals surface area (Å²) >= 11 is 0. The number of esters is 2. The van der Waals surface area contributed by atoms with Gasteiger partial charge in [0.25, 0.3) is 0 Å². The highest BCUT2D eigenvalue weighted by Crippen LogP contribution is 2.03. The van der Waals surface area contributed by atoms with Gasteiger partial charge >= 0.3 is 11.9 Å². The average molecular weight is 243 g/mol. The fourth-order valence-corrected chi connectivity index (χ4v) is 0.977. The smallest absolute Gasteiger partial charge is 0.332 e. The van der Waals surface area contributed by atoms with Crippen molar-refractivity contribution in [3.63, 3.8) is 0 Å². The van der Waals surface area contributed by atoms with Crippen LogP contribution in [0.5, 0.6) is 0 Å². The molecular weight excluding hydrogens is 226 g/mol. The van der Waals surface area contributed by atoms with Crippen LogP contribution in [0.2, 0.25) is 0 Å². The second-order valence-electron chi connectivity index (χ2n) is 3.33. The fourth-order valence-electron chi connectivity index (χ4n) is 0.977. The monoisotopic (exact) mass is 243 g/mol. The average Bonchev–Trinajstić information content (AvgIpc) is 2.32. The van der Waals surface area contributed by atoms with Crippen LogP contribution in [-0.2, 0) is 23.9 Å². The largest absolute Gasteiger partial charge is 0.466 e. The van der Waals surface area contributed by atoms with Crippen molar-refractivity contribution in [2.24, 2.45) is 4.99 Å². The molecule has 0 N–H and O–H groups in total. The van der Waals surface area contributed by atoms with Crippen LogP contribution in [0.1, 0.15) is 33.1 Å². The summed E-state index contributed by atoms with van der Waals surface area (Å²) in [5.41, 5.74) is 0. The Morgan fingerprint density at radius 3 is 2.29 bits per heavy atom. The van der Waals surface area contributed by atoms with E-state index in [2.05, 4.69) is 4.99 Å². The van der Waals surface area contributed by atoms with Crippen molar-refractivity contribution in [1.82, 2.24) is 0 Å². The summed E-state index contributed by atoms with van der Waals surface area (Å²) in [7, 11) is 0. The van der Waals surface area contributed by atoms with Crippen LogP contribution >= 0.6 is 0 Å². The molecule has 0 saturated carbocycles. The van der Waals surface area contributed by atoms with Gasteiger partial charge in [-0.15, -0.1) is 0 Å². The molecule has 6 heteroatoms. The zero-order valence-corrected chi connectivity index (χ0v) is 10.1. The molecule has 0 aliphatic rings. The maximum Gasteiger partial charge on any atom is 0.332 e. The Morgan fingerprint density at radius 1 is 1.18 bits per heavy atom. The number of nitrogens with zero attached hydrogens (tertiary/aromatic N) is 1. The number of rotatable bonds is 8. The molecule has 0 aromatic rings. The Balaban J connectivity index is 4.27. The number of carbonyl (C=O) groups excluding carboxylic acids is 3. The topological polar surface area (TPSA) is 82.0 Å². The first-order valence-electron chi connectivity index (χ1n) is 5.54. The van der Waals surface area contributed by atoms with Crippen molar-refractivity contribution in [2.75, 3.05) is 13.2 Å². The molecule has 0 fully saturated rings. The van der Waals surface area contributed by atoms with E-state index < -0.39 is 18.0 Å². The van der Waals surface area contributed by atoms with Crippen LogP contribution in [0.15, 0.2) is 4.99 Å². The highest BCUT2D eigenvalue weighted by Gasteiger charge is 2.23. The Morgan fingerprint density at radius 2 is 1.76 bits per heavy atom. The molecule has 1 atom stereocenters. The summed E-state index contributed by atoms with van der Waals surface area (Å²) in [6, 6.07) is -1.15. The lowest BCUT2D eigenvalue weighted by atomic mass is 10.2. The van der Waals surface area contributed by atoms with Gasteiger partial charge < -0.3 is 9.47 Å². The minimum atomic E-state index is -1.15. The molecule has 17 heavy (non-hydrogen) atoms. The second-order valence-corrected chi connectivity index (χ2v) is 3.33. The first kappa shape index (κ1) is 15.3. The summed E-state index contributed by atoms with van der Waals surface area (Å²) in [6.45, 7) is 4.19. The Kier molecular flexibility index (Phi) is 8.60. The third-order valence-corrected chi connectivity index (χ3v) is 1.76. The predicted molar refractivity (Wildman–Crippen MR) is 59.0 cm³/mol. The lowest BCUT2D eigenvalue weighted by Crippen LogP contribution is -2.26. The van der Waals surface area contributed by atoms with Crippen LogP contribution in [0.3, 0.4) is 0 Å². The number of aliphatic imine (C=N–C) groups is 1. The molecule has 1 unspecified atom stereocenters. The number of isocyanates is 1. The summed E-state index contributed by atoms with van der Waals surface area (Å²) in [4.78, 5) is 36.0. The van der Waals surface area contributed by atoms with E-state index in [1.54, 1.807) is 0 Å². The lowest BCUT2D eigenvalue weighted by Gasteiger charge is -2.09. The molecule has 0 saturated heterocycles. The molecule has 0 aliphatic heterocycles.